The van der Waals surface area contributed by atoms with Gasteiger partial charge in [0.1, 0.15) is 5.82 Å². The normalized spacial score (nSPS) is 9.47. The van der Waals surface area contributed by atoms with E-state index in [0.717, 1.165) is 0 Å². The molecule has 1 heterocycles. The summed E-state index contributed by atoms with van der Waals surface area (Å²) >= 11 is 0. The van der Waals surface area contributed by atoms with Gasteiger partial charge in [-0.2, -0.15) is 0 Å². The number of nitrogens with zero attached hydrogens (tertiary/aromatic N) is 1. The summed E-state index contributed by atoms with van der Waals surface area (Å²) in [6, 6.07) is 5.23. The van der Waals surface area contributed by atoms with Gasteiger partial charge in [-0.05, 0) is 19.1 Å². The third-order valence-electron chi connectivity index (χ3n) is 1.83. The Morgan fingerprint density at radius 1 is 1.41 bits per heavy atom. The van der Waals surface area contributed by atoms with Gasteiger partial charge in [-0.1, -0.05) is 6.07 Å². The minimum atomic E-state index is -0.516. The molecule has 0 atom stereocenters. The number of hydrogen-bond acceptors (Lipinski definition) is 4. The Morgan fingerprint density at radius 3 is 2.88 bits per heavy atom. The van der Waals surface area contributed by atoms with Crippen molar-refractivity contribution < 1.29 is 14.3 Å². The van der Waals surface area contributed by atoms with E-state index in [9.17, 15) is 9.59 Å². The third-order valence-corrected chi connectivity index (χ3v) is 1.83. The van der Waals surface area contributed by atoms with Crippen LogP contribution in [0, 0.1) is 0 Å². The standard InChI is InChI=1S/C11H15N3O3/c1-2-17-11(16)13-8-6-10(15)14-9-5-3-4-7-12-9/h3-5,7H,2,6,8H2,1H3,(H,13,16)(H,12,14,15). The van der Waals surface area contributed by atoms with Crippen LogP contribution in [0.5, 0.6) is 0 Å². The maximum atomic E-state index is 11.4. The highest BCUT2D eigenvalue weighted by molar-refractivity contribution is 5.90. The van der Waals surface area contributed by atoms with Crippen molar-refractivity contribution in [2.75, 3.05) is 18.5 Å². The van der Waals surface area contributed by atoms with Crippen LogP contribution in [0.4, 0.5) is 10.6 Å². The number of aromatic nitrogens is 1. The zero-order valence-electron chi connectivity index (χ0n) is 9.60. The van der Waals surface area contributed by atoms with E-state index in [1.54, 1.807) is 31.3 Å². The topological polar surface area (TPSA) is 80.3 Å². The lowest BCUT2D eigenvalue weighted by Gasteiger charge is -2.05. The van der Waals surface area contributed by atoms with E-state index in [1.165, 1.54) is 0 Å². The highest BCUT2D eigenvalue weighted by atomic mass is 16.5. The molecule has 2 amide bonds. The minimum absolute atomic E-state index is 0.176. The van der Waals surface area contributed by atoms with Crippen molar-refractivity contribution >= 4 is 17.8 Å². The van der Waals surface area contributed by atoms with Crippen LogP contribution in [0.1, 0.15) is 13.3 Å². The number of anilines is 1. The third kappa shape index (κ3) is 5.50. The summed E-state index contributed by atoms with van der Waals surface area (Å²) in [4.78, 5) is 26.3. The van der Waals surface area contributed by atoms with Gasteiger partial charge >= 0.3 is 6.09 Å². The molecule has 1 aromatic heterocycles. The average molecular weight is 237 g/mol. The van der Waals surface area contributed by atoms with Crippen molar-refractivity contribution in [3.8, 4) is 0 Å². The Kier molecular flexibility index (Phi) is 5.50. The zero-order chi connectivity index (χ0) is 12.5. The first-order chi connectivity index (χ1) is 8.22. The molecule has 0 aliphatic rings. The second-order valence-corrected chi connectivity index (χ2v) is 3.16. The summed E-state index contributed by atoms with van der Waals surface area (Å²) in [5.74, 6) is 0.286. The number of hydrogen-bond donors (Lipinski definition) is 2. The largest absolute Gasteiger partial charge is 0.450 e. The average Bonchev–Trinajstić information content (AvgIpc) is 2.30. The molecule has 0 fully saturated rings. The number of carbonyl (C=O) groups excluding carboxylic acids is 2. The molecule has 1 rings (SSSR count). The van der Waals surface area contributed by atoms with E-state index in [-0.39, 0.29) is 18.9 Å². The molecule has 6 nitrogen and oxygen atoms in total. The molecule has 17 heavy (non-hydrogen) atoms. The lowest BCUT2D eigenvalue weighted by Crippen LogP contribution is -2.28. The van der Waals surface area contributed by atoms with Crippen LogP contribution in [0.2, 0.25) is 0 Å². The Morgan fingerprint density at radius 2 is 2.24 bits per heavy atom. The van der Waals surface area contributed by atoms with Crippen LogP contribution in [0.25, 0.3) is 0 Å². The summed E-state index contributed by atoms with van der Waals surface area (Å²) in [6.07, 6.45) is 1.25. The highest BCUT2D eigenvalue weighted by Crippen LogP contribution is 1.99. The fraction of sp³-hybridized carbons (Fsp3) is 0.364. The second kappa shape index (κ2) is 7.21. The van der Waals surface area contributed by atoms with E-state index in [1.807, 2.05) is 0 Å². The molecular weight excluding hydrogens is 222 g/mol. The monoisotopic (exact) mass is 237 g/mol. The lowest BCUT2D eigenvalue weighted by molar-refractivity contribution is -0.116. The van der Waals surface area contributed by atoms with E-state index in [0.29, 0.717) is 12.4 Å². The van der Waals surface area contributed by atoms with E-state index >= 15 is 0 Å². The van der Waals surface area contributed by atoms with E-state index in [2.05, 4.69) is 20.4 Å². The van der Waals surface area contributed by atoms with Crippen LogP contribution in [0.3, 0.4) is 0 Å². The Balaban J connectivity index is 2.20. The van der Waals surface area contributed by atoms with Gasteiger partial charge in [-0.15, -0.1) is 0 Å². The van der Waals surface area contributed by atoms with Crippen LogP contribution in [0.15, 0.2) is 24.4 Å². The van der Waals surface area contributed by atoms with Crippen molar-refractivity contribution in [2.45, 2.75) is 13.3 Å². The van der Waals surface area contributed by atoms with Gasteiger partial charge in [0.15, 0.2) is 0 Å². The van der Waals surface area contributed by atoms with Crippen LogP contribution in [-0.2, 0) is 9.53 Å². The van der Waals surface area contributed by atoms with Crippen molar-refractivity contribution in [2.24, 2.45) is 0 Å². The van der Waals surface area contributed by atoms with E-state index in [4.69, 9.17) is 0 Å². The predicted molar refractivity (Wildman–Crippen MR) is 62.5 cm³/mol. The molecule has 0 spiro atoms. The van der Waals surface area contributed by atoms with Crippen molar-refractivity contribution in [3.63, 3.8) is 0 Å². The fourth-order valence-corrected chi connectivity index (χ4v) is 1.10. The van der Waals surface area contributed by atoms with Gasteiger partial charge in [-0.3, -0.25) is 4.79 Å². The summed E-state index contributed by atoms with van der Waals surface area (Å²) in [5.41, 5.74) is 0. The number of ether oxygens (including phenoxy) is 1. The minimum Gasteiger partial charge on any atom is -0.450 e. The highest BCUT2D eigenvalue weighted by Gasteiger charge is 2.04. The summed E-state index contributed by atoms with van der Waals surface area (Å²) in [5, 5.41) is 5.06. The summed E-state index contributed by atoms with van der Waals surface area (Å²) < 4.78 is 4.65. The Labute approximate surface area is 99.4 Å². The van der Waals surface area contributed by atoms with Gasteiger partial charge in [0, 0.05) is 19.2 Å². The molecule has 1 aromatic rings. The van der Waals surface area contributed by atoms with Gasteiger partial charge in [0.25, 0.3) is 0 Å². The molecule has 6 heteroatoms. The number of nitrogens with one attached hydrogen (secondary N) is 2. The molecule has 0 unspecified atom stereocenters. The number of pyridine rings is 1. The number of amides is 2. The molecule has 0 aliphatic heterocycles. The number of alkyl carbamates (subject to hydrolysis) is 1. The van der Waals surface area contributed by atoms with Gasteiger partial charge in [0.05, 0.1) is 6.61 Å². The zero-order valence-corrected chi connectivity index (χ0v) is 9.60. The summed E-state index contributed by atoms with van der Waals surface area (Å²) in [6.45, 7) is 2.26. The van der Waals surface area contributed by atoms with Crippen molar-refractivity contribution in [3.05, 3.63) is 24.4 Å². The molecule has 0 aliphatic carbocycles. The summed E-state index contributed by atoms with van der Waals surface area (Å²) in [7, 11) is 0. The molecule has 0 saturated heterocycles. The first-order valence-electron chi connectivity index (χ1n) is 5.34. The molecule has 92 valence electrons. The van der Waals surface area contributed by atoms with Gasteiger partial charge in [0.2, 0.25) is 5.91 Å². The smallest absolute Gasteiger partial charge is 0.407 e. The number of rotatable bonds is 5. The maximum Gasteiger partial charge on any atom is 0.407 e. The molecule has 0 bridgehead atoms. The van der Waals surface area contributed by atoms with Gasteiger partial charge < -0.3 is 15.4 Å². The van der Waals surface area contributed by atoms with Crippen LogP contribution in [-0.4, -0.2) is 30.1 Å². The molecule has 0 aromatic carbocycles. The molecule has 0 radical (unpaired) electrons. The van der Waals surface area contributed by atoms with Crippen molar-refractivity contribution in [1.29, 1.82) is 0 Å². The first kappa shape index (κ1) is 13.0. The van der Waals surface area contributed by atoms with Gasteiger partial charge in [-0.25, -0.2) is 9.78 Å². The molecular formula is C11H15N3O3. The van der Waals surface area contributed by atoms with Crippen LogP contribution < -0.4 is 10.6 Å². The lowest BCUT2D eigenvalue weighted by atomic mass is 10.4. The van der Waals surface area contributed by atoms with Crippen molar-refractivity contribution in [1.82, 2.24) is 10.3 Å². The van der Waals surface area contributed by atoms with Crippen LogP contribution >= 0.6 is 0 Å². The second-order valence-electron chi connectivity index (χ2n) is 3.16. The quantitative estimate of drug-likeness (QED) is 0.805. The fourth-order valence-electron chi connectivity index (χ4n) is 1.10. The number of carbonyl (C=O) groups is 2. The maximum absolute atomic E-state index is 11.4. The molecule has 2 N–H and O–H groups in total. The Bertz CT molecular complexity index is 367. The Hall–Kier alpha value is -2.11. The predicted octanol–water partition coefficient (Wildman–Crippen LogP) is 1.16. The SMILES string of the molecule is CCOC(=O)NCCC(=O)Nc1ccccn1. The molecule has 0 saturated carbocycles. The van der Waals surface area contributed by atoms with E-state index < -0.39 is 6.09 Å². The first-order valence-corrected chi connectivity index (χ1v) is 5.34.